The number of esters is 1. The van der Waals surface area contributed by atoms with Crippen LogP contribution in [0.2, 0.25) is 0 Å². The number of carbonyl (C=O) groups excluding carboxylic acids is 2. The molecule has 11 nitrogen and oxygen atoms in total. The fraction of sp³-hybridized carbons (Fsp3) is 0.636. The Hall–Kier alpha value is -3.25. The Morgan fingerprint density at radius 1 is 0.806 bits per heavy atom. The van der Waals surface area contributed by atoms with Crippen molar-refractivity contribution in [1.29, 1.82) is 0 Å². The number of aliphatic hydroxyl groups is 4. The minimum Gasteiger partial charge on any atom is -0.383 e. The number of carbonyl (C=O) groups is 2. The molecular weight excluding hydrogens is 864 g/mol. The van der Waals surface area contributed by atoms with E-state index in [2.05, 4.69) is 91.0 Å². The monoisotopic (exact) mass is 949 g/mol. The van der Waals surface area contributed by atoms with E-state index in [0.29, 0.717) is 12.8 Å². The molecule has 3 aromatic carbocycles. The molecule has 0 aromatic heterocycles. The second-order valence-electron chi connectivity index (χ2n) is 21.0. The van der Waals surface area contributed by atoms with E-state index in [4.69, 9.17) is 14.2 Å². The van der Waals surface area contributed by atoms with E-state index in [0.717, 1.165) is 31.8 Å². The van der Waals surface area contributed by atoms with Crippen LogP contribution in [-0.4, -0.2) is 129 Å². The van der Waals surface area contributed by atoms with Gasteiger partial charge in [-0.05, 0) is 60.0 Å². The molecule has 0 radical (unpaired) electrons. The molecule has 1 amide bonds. The second-order valence-corrected chi connectivity index (χ2v) is 25.0. The van der Waals surface area contributed by atoms with Gasteiger partial charge in [0.15, 0.2) is 6.29 Å². The average molecular weight is 949 g/mol. The standard InChI is InChI=1S/C55H85N2O9P/c1-11-47-55(8,63)50(60)42(6)57(37-38(2)36-54(7,62)51(39(3)34-40(4)52(61)65-47)66-53-49(59)46(56(9)10)35-41(5)64-53)48(58)32-24-13-12-14-25-33-67(43-26-18-15-19-27-43,44-28-20-16-21-29-44)45-30-22-17-23-31-45/h15-23,26-31,38-42,46-47,49-51,53,59-60,62-63,67H,11-14,24-25,32-37H2,1-10H3/t38-,39+,40-,41-,42-,46+,47-,49-,50-,51-,53+,54-,55-/m1/s1. The van der Waals surface area contributed by atoms with Crippen LogP contribution in [0, 0.1) is 17.8 Å². The van der Waals surface area contributed by atoms with Gasteiger partial charge in [0.25, 0.3) is 0 Å². The molecule has 2 heterocycles. The molecule has 2 saturated heterocycles. The van der Waals surface area contributed by atoms with Crippen molar-refractivity contribution >= 4 is 35.1 Å². The first-order valence-corrected chi connectivity index (χ1v) is 27.4. The van der Waals surface area contributed by atoms with Crippen LogP contribution in [-0.2, 0) is 23.8 Å². The van der Waals surface area contributed by atoms with Gasteiger partial charge in [-0.15, -0.1) is 0 Å². The number of hydrogen-bond acceptors (Lipinski definition) is 10. The van der Waals surface area contributed by atoms with E-state index in [9.17, 15) is 30.0 Å². The minimum absolute atomic E-state index is 0.149. The van der Waals surface area contributed by atoms with Gasteiger partial charge in [0, 0.05) is 6.04 Å². The summed E-state index contributed by atoms with van der Waals surface area (Å²) in [6, 6.07) is 31.8. The number of likely N-dealkylation sites (N-methyl/N-ethyl adjacent to an activating group) is 1. The zero-order valence-electron chi connectivity index (χ0n) is 42.2. The Morgan fingerprint density at radius 2 is 1.33 bits per heavy atom. The van der Waals surface area contributed by atoms with Gasteiger partial charge < -0.3 is 34.4 Å². The Kier molecular flexibility index (Phi) is 20.0. The fourth-order valence-corrected chi connectivity index (χ4v) is 16.3. The molecular formula is C55H85N2O9P. The van der Waals surface area contributed by atoms with Gasteiger partial charge >= 0.3 is 236 Å². The van der Waals surface area contributed by atoms with E-state index in [1.54, 1.807) is 32.6 Å². The summed E-state index contributed by atoms with van der Waals surface area (Å²) in [7, 11) is 1.48. The zero-order chi connectivity index (χ0) is 49.1. The Labute approximate surface area is 402 Å². The van der Waals surface area contributed by atoms with Crippen LogP contribution in [0.4, 0.5) is 0 Å². The number of benzene rings is 3. The summed E-state index contributed by atoms with van der Waals surface area (Å²) in [5, 5.41) is 52.1. The molecule has 0 bridgehead atoms. The van der Waals surface area contributed by atoms with Crippen molar-refractivity contribution in [1.82, 2.24) is 9.80 Å². The molecule has 2 aliphatic heterocycles. The van der Waals surface area contributed by atoms with Crippen molar-refractivity contribution < 1.29 is 44.2 Å². The minimum atomic E-state index is -2.33. The topological polar surface area (TPSA) is 149 Å². The van der Waals surface area contributed by atoms with E-state index in [-0.39, 0.29) is 56.2 Å². The molecule has 5 rings (SSSR count). The van der Waals surface area contributed by atoms with Crippen molar-refractivity contribution in [2.45, 2.75) is 180 Å². The number of aliphatic hydroxyl groups excluding tert-OH is 2. The second kappa shape index (κ2) is 24.5. The summed E-state index contributed by atoms with van der Waals surface area (Å²) in [5.41, 5.74) is -3.36. The van der Waals surface area contributed by atoms with Gasteiger partial charge in [0.2, 0.25) is 0 Å². The molecule has 3 aromatic rings. The summed E-state index contributed by atoms with van der Waals surface area (Å²) in [4.78, 5) is 31.8. The molecule has 2 fully saturated rings. The van der Waals surface area contributed by atoms with Crippen molar-refractivity contribution in [3.8, 4) is 0 Å². The molecule has 0 aliphatic carbocycles. The van der Waals surface area contributed by atoms with Gasteiger partial charge in [-0.1, -0.05) is 20.8 Å². The third kappa shape index (κ3) is 13.5. The summed E-state index contributed by atoms with van der Waals surface area (Å²) in [6.07, 6.45) is 1.64. The maximum atomic E-state index is 14.5. The van der Waals surface area contributed by atoms with Gasteiger partial charge in [-0.25, -0.2) is 0 Å². The van der Waals surface area contributed by atoms with Gasteiger partial charge in [-0.2, -0.15) is 0 Å². The quantitative estimate of drug-likeness (QED) is 0.0716. The fourth-order valence-electron chi connectivity index (χ4n) is 11.4. The van der Waals surface area contributed by atoms with Crippen LogP contribution < -0.4 is 15.9 Å². The Bertz CT molecular complexity index is 1860. The van der Waals surface area contributed by atoms with E-state index in [1.165, 1.54) is 22.8 Å². The normalized spacial score (nSPS) is 33.1. The van der Waals surface area contributed by atoms with Crippen LogP contribution in [0.5, 0.6) is 0 Å². The van der Waals surface area contributed by atoms with Crippen molar-refractivity contribution in [3.05, 3.63) is 91.0 Å². The van der Waals surface area contributed by atoms with Crippen molar-refractivity contribution in [2.24, 2.45) is 17.8 Å². The number of unbranched alkanes of at least 4 members (excludes halogenated alkanes) is 4. The first kappa shape index (κ1) is 54.7. The molecule has 67 heavy (non-hydrogen) atoms. The molecule has 12 heteroatoms. The van der Waals surface area contributed by atoms with E-state index < -0.39 is 73.0 Å². The van der Waals surface area contributed by atoms with Crippen LogP contribution in [0.15, 0.2) is 91.0 Å². The predicted molar refractivity (Wildman–Crippen MR) is 272 cm³/mol. The molecule has 0 spiro atoms. The maximum absolute atomic E-state index is 14.5. The number of nitrogens with zero attached hydrogens (tertiary/aromatic N) is 2. The van der Waals surface area contributed by atoms with E-state index >= 15 is 0 Å². The first-order chi connectivity index (χ1) is 31.7. The molecule has 0 saturated carbocycles. The number of hydrogen-bond donors (Lipinski definition) is 4. The third-order valence-electron chi connectivity index (χ3n) is 15.0. The smallest absolute Gasteiger partial charge is 0.383 e. The SMILES string of the molecule is CC[C@H]1OC(=O)[C@H](C)C[C@H](C)[C@@H](O[C@@H]2O[C@H](C)C[C@H](N(C)C)[C@H]2O)[C@](C)(O)C[C@@H](C)CN(C(=O)CCCCCCC[PH](c2ccccc2)(c2ccccc2)c2ccccc2)[C@H](C)[C@@H](O)[C@]1(C)O. The molecule has 13 atom stereocenters. The zero-order valence-corrected chi connectivity index (χ0v) is 43.2. The van der Waals surface area contributed by atoms with Crippen molar-refractivity contribution in [3.63, 3.8) is 0 Å². The molecule has 0 unspecified atom stereocenters. The predicted octanol–water partition coefficient (Wildman–Crippen LogP) is 6.97. The van der Waals surface area contributed by atoms with Gasteiger partial charge in [-0.3, -0.25) is 4.79 Å². The van der Waals surface area contributed by atoms with Crippen LogP contribution in [0.25, 0.3) is 0 Å². The average Bonchev–Trinajstić information content (AvgIpc) is 3.30. The molecule has 2 aliphatic rings. The third-order valence-corrected chi connectivity index (χ3v) is 20.0. The first-order valence-electron chi connectivity index (χ1n) is 25.2. The summed E-state index contributed by atoms with van der Waals surface area (Å²) >= 11 is 0. The van der Waals surface area contributed by atoms with E-state index in [1.807, 2.05) is 39.8 Å². The number of cyclic esters (lactones) is 1. The number of amides is 1. The molecule has 374 valence electrons. The van der Waals surface area contributed by atoms with Crippen molar-refractivity contribution in [2.75, 3.05) is 26.8 Å². The van der Waals surface area contributed by atoms with Gasteiger partial charge in [0.1, 0.15) is 12.2 Å². The number of rotatable bonds is 15. The number of ether oxygens (including phenoxy) is 3. The Morgan fingerprint density at radius 3 is 1.85 bits per heavy atom. The molecule has 4 N–H and O–H groups in total. The van der Waals surface area contributed by atoms with Gasteiger partial charge in [0.05, 0.1) is 23.7 Å². The summed E-state index contributed by atoms with van der Waals surface area (Å²) in [5.74, 6) is -2.03. The van der Waals surface area contributed by atoms with Crippen LogP contribution in [0.3, 0.4) is 0 Å². The Balaban J connectivity index is 1.32. The summed E-state index contributed by atoms with van der Waals surface area (Å²) < 4.78 is 18.8. The van der Waals surface area contributed by atoms with Crippen LogP contribution >= 0.6 is 7.26 Å². The summed E-state index contributed by atoms with van der Waals surface area (Å²) in [6.45, 7) is 14.5. The van der Waals surface area contributed by atoms with Crippen LogP contribution in [0.1, 0.15) is 120 Å².